The van der Waals surface area contributed by atoms with Crippen LogP contribution in [0.3, 0.4) is 0 Å². The molecule has 1 heterocycles. The highest BCUT2D eigenvalue weighted by Crippen LogP contribution is 2.33. The van der Waals surface area contributed by atoms with Crippen molar-refractivity contribution in [2.75, 3.05) is 19.7 Å². The topological polar surface area (TPSA) is 75.7 Å². The summed E-state index contributed by atoms with van der Waals surface area (Å²) in [5.41, 5.74) is 0.268. The smallest absolute Gasteiger partial charge is 0.304 e. The number of carbonyl (C=O) groups is 1. The van der Waals surface area contributed by atoms with Gasteiger partial charge in [-0.05, 0) is 43.7 Å². The van der Waals surface area contributed by atoms with Crippen LogP contribution in [-0.2, 0) is 16.6 Å². The summed E-state index contributed by atoms with van der Waals surface area (Å²) in [6.07, 6.45) is 5.71. The van der Waals surface area contributed by atoms with Gasteiger partial charge in [-0.25, -0.2) is 9.11 Å². The molecule has 0 bridgehead atoms. The van der Waals surface area contributed by atoms with Crippen LogP contribution < -0.4 is 9.46 Å². The first kappa shape index (κ1) is 23.3. The van der Waals surface area contributed by atoms with E-state index < -0.39 is 21.9 Å². The predicted molar refractivity (Wildman–Crippen MR) is 112 cm³/mol. The van der Waals surface area contributed by atoms with Gasteiger partial charge in [0.15, 0.2) is 0 Å². The highest BCUT2D eigenvalue weighted by molar-refractivity contribution is 7.87. The van der Waals surface area contributed by atoms with Crippen LogP contribution in [0.2, 0.25) is 0 Å². The van der Waals surface area contributed by atoms with Gasteiger partial charge in [-0.15, -0.1) is 6.58 Å². The lowest BCUT2D eigenvalue weighted by Crippen LogP contribution is -2.49. The lowest BCUT2D eigenvalue weighted by molar-refractivity contribution is 0.0973. The molecule has 6 nitrogen and oxygen atoms in total. The number of nitrogens with one attached hydrogen (secondary N) is 1. The Morgan fingerprint density at radius 1 is 1.31 bits per heavy atom. The van der Waals surface area contributed by atoms with Gasteiger partial charge in [-0.2, -0.15) is 12.7 Å². The lowest BCUT2D eigenvalue weighted by Gasteiger charge is -2.31. The molecule has 0 radical (unpaired) electrons. The molecule has 1 fully saturated rings. The third kappa shape index (κ3) is 5.36. The van der Waals surface area contributed by atoms with Crippen LogP contribution in [-0.4, -0.2) is 38.3 Å². The van der Waals surface area contributed by atoms with Crippen molar-refractivity contribution in [3.05, 3.63) is 41.7 Å². The molecule has 0 atom stereocenters. The molecule has 1 amide bonds. The maximum atomic E-state index is 14.7. The monoisotopic (exact) mass is 426 g/mol. The second-order valence-corrected chi connectivity index (χ2v) is 9.14. The van der Waals surface area contributed by atoms with E-state index in [0.717, 1.165) is 30.0 Å². The van der Waals surface area contributed by atoms with E-state index >= 15 is 0 Å². The fourth-order valence-electron chi connectivity index (χ4n) is 3.29. The SMILES string of the molecule is C=CCC(CC)(CC)COc1cc(F)c(C(=O)NS(=O)(=O)N2CCC2)cc1CC. The first-order valence-corrected chi connectivity index (χ1v) is 11.5. The molecule has 0 aromatic heterocycles. The number of amides is 1. The Bertz CT molecular complexity index is 846. The van der Waals surface area contributed by atoms with E-state index in [1.54, 1.807) is 0 Å². The van der Waals surface area contributed by atoms with Crippen molar-refractivity contribution in [3.8, 4) is 5.75 Å². The van der Waals surface area contributed by atoms with E-state index in [4.69, 9.17) is 4.74 Å². The van der Waals surface area contributed by atoms with Gasteiger partial charge in [0.05, 0.1) is 12.2 Å². The number of aryl methyl sites for hydroxylation is 1. The Morgan fingerprint density at radius 2 is 1.97 bits per heavy atom. The van der Waals surface area contributed by atoms with Gasteiger partial charge in [-0.3, -0.25) is 4.79 Å². The van der Waals surface area contributed by atoms with Crippen LogP contribution in [0, 0.1) is 11.2 Å². The van der Waals surface area contributed by atoms with Crippen LogP contribution >= 0.6 is 0 Å². The Balaban J connectivity index is 2.22. The maximum Gasteiger partial charge on any atom is 0.304 e. The van der Waals surface area contributed by atoms with Crippen molar-refractivity contribution in [1.29, 1.82) is 0 Å². The van der Waals surface area contributed by atoms with Gasteiger partial charge < -0.3 is 4.74 Å². The van der Waals surface area contributed by atoms with Crippen molar-refractivity contribution < 1.29 is 22.3 Å². The molecule has 0 aliphatic carbocycles. The van der Waals surface area contributed by atoms with Crippen molar-refractivity contribution >= 4 is 16.1 Å². The van der Waals surface area contributed by atoms with E-state index in [1.165, 1.54) is 12.1 Å². The molecule has 1 aromatic carbocycles. The number of hydrogen-bond acceptors (Lipinski definition) is 4. The molecule has 0 spiro atoms. The average molecular weight is 427 g/mol. The van der Waals surface area contributed by atoms with Crippen LogP contribution in [0.1, 0.15) is 62.4 Å². The second kappa shape index (κ2) is 9.71. The maximum absolute atomic E-state index is 14.7. The Hall–Kier alpha value is -1.93. The number of nitrogens with zero attached hydrogens (tertiary/aromatic N) is 1. The van der Waals surface area contributed by atoms with E-state index in [0.29, 0.717) is 37.4 Å². The Kier molecular flexibility index (Phi) is 7.82. The van der Waals surface area contributed by atoms with Gasteiger partial charge in [-0.1, -0.05) is 26.8 Å². The second-order valence-electron chi connectivity index (χ2n) is 7.47. The molecule has 0 saturated carbocycles. The molecule has 1 N–H and O–H groups in total. The average Bonchev–Trinajstić information content (AvgIpc) is 2.62. The molecule has 2 rings (SSSR count). The van der Waals surface area contributed by atoms with E-state index in [9.17, 15) is 17.6 Å². The minimum atomic E-state index is -3.93. The molecule has 8 heteroatoms. The van der Waals surface area contributed by atoms with E-state index in [2.05, 4.69) is 20.4 Å². The molecule has 29 heavy (non-hydrogen) atoms. The van der Waals surface area contributed by atoms with E-state index in [1.807, 2.05) is 17.7 Å². The molecular weight excluding hydrogens is 395 g/mol. The van der Waals surface area contributed by atoms with Gasteiger partial charge >= 0.3 is 10.2 Å². The van der Waals surface area contributed by atoms with Crippen LogP contribution in [0.25, 0.3) is 0 Å². The number of benzene rings is 1. The quantitative estimate of drug-likeness (QED) is 0.546. The van der Waals surface area contributed by atoms with Crippen LogP contribution in [0.5, 0.6) is 5.75 Å². The minimum Gasteiger partial charge on any atom is -0.493 e. The highest BCUT2D eigenvalue weighted by Gasteiger charge is 2.31. The highest BCUT2D eigenvalue weighted by atomic mass is 32.2. The number of carbonyl (C=O) groups excluding carboxylic acids is 1. The van der Waals surface area contributed by atoms with Crippen molar-refractivity contribution in [2.45, 2.75) is 52.9 Å². The predicted octanol–water partition coefficient (Wildman–Crippen LogP) is 3.83. The Labute approximate surface area is 173 Å². The molecule has 1 aliphatic heterocycles. The summed E-state index contributed by atoms with van der Waals surface area (Å²) in [6, 6.07) is 2.55. The zero-order valence-electron chi connectivity index (χ0n) is 17.5. The van der Waals surface area contributed by atoms with Crippen LogP contribution in [0.15, 0.2) is 24.8 Å². The summed E-state index contributed by atoms with van der Waals surface area (Å²) in [4.78, 5) is 12.4. The van der Waals surface area contributed by atoms with Gasteiger partial charge in [0.2, 0.25) is 0 Å². The van der Waals surface area contributed by atoms with Crippen molar-refractivity contribution in [2.24, 2.45) is 5.41 Å². The number of hydrogen-bond donors (Lipinski definition) is 1. The number of ether oxygens (including phenoxy) is 1. The van der Waals surface area contributed by atoms with Crippen LogP contribution in [0.4, 0.5) is 4.39 Å². The summed E-state index contributed by atoms with van der Waals surface area (Å²) < 4.78 is 47.9. The standard InChI is InChI=1S/C21H31FN2O4S/c1-5-10-21(7-3,8-4)15-28-19-14-18(22)17(13-16(19)6-2)20(25)23-29(26,27)24-11-9-12-24/h5,13-14H,1,6-12,15H2,2-4H3,(H,23,25). The normalized spacial score (nSPS) is 14.9. The fourth-order valence-corrected chi connectivity index (χ4v) is 4.50. The fraction of sp³-hybridized carbons (Fsp3) is 0.571. The molecule has 162 valence electrons. The summed E-state index contributed by atoms with van der Waals surface area (Å²) >= 11 is 0. The van der Waals surface area contributed by atoms with Crippen molar-refractivity contribution in [3.63, 3.8) is 0 Å². The Morgan fingerprint density at radius 3 is 2.45 bits per heavy atom. The summed E-state index contributed by atoms with van der Waals surface area (Å²) in [6.45, 7) is 11.0. The lowest BCUT2D eigenvalue weighted by atomic mass is 9.80. The first-order valence-electron chi connectivity index (χ1n) is 10.1. The van der Waals surface area contributed by atoms with Crippen molar-refractivity contribution in [1.82, 2.24) is 9.03 Å². The minimum absolute atomic E-state index is 0.0788. The van der Waals surface area contributed by atoms with E-state index in [-0.39, 0.29) is 11.0 Å². The zero-order valence-corrected chi connectivity index (χ0v) is 18.3. The summed E-state index contributed by atoms with van der Waals surface area (Å²) in [5, 5.41) is 0. The number of allylic oxidation sites excluding steroid dienone is 1. The summed E-state index contributed by atoms with van der Waals surface area (Å²) in [5.74, 6) is -1.41. The van der Waals surface area contributed by atoms with Gasteiger partial charge in [0.1, 0.15) is 11.6 Å². The molecule has 1 aliphatic rings. The third-order valence-electron chi connectivity index (χ3n) is 5.76. The zero-order chi connectivity index (χ0) is 21.7. The van der Waals surface area contributed by atoms with Gasteiger partial charge in [0.25, 0.3) is 5.91 Å². The number of rotatable bonds is 11. The van der Waals surface area contributed by atoms with Gasteiger partial charge in [0, 0.05) is 24.6 Å². The third-order valence-corrected chi connectivity index (χ3v) is 7.25. The summed E-state index contributed by atoms with van der Waals surface area (Å²) in [7, 11) is -3.93. The first-order chi connectivity index (χ1) is 13.7. The largest absolute Gasteiger partial charge is 0.493 e. The molecule has 0 unspecified atom stereocenters. The molecule has 1 saturated heterocycles. The number of halogens is 1. The molecular formula is C21H31FN2O4S. The molecule has 1 aromatic rings.